The molecule has 1 aliphatic heterocycles. The second-order valence-electron chi connectivity index (χ2n) is 5.67. The molecule has 0 aromatic carbocycles. The van der Waals surface area contributed by atoms with Crippen LogP contribution in [0.4, 0.5) is 10.6 Å². The van der Waals surface area contributed by atoms with Gasteiger partial charge >= 0.3 is 6.09 Å². The molecule has 8 nitrogen and oxygen atoms in total. The van der Waals surface area contributed by atoms with E-state index >= 15 is 0 Å². The molecule has 0 saturated carbocycles. The number of rotatable bonds is 3. The molecule has 0 atom stereocenters. The van der Waals surface area contributed by atoms with Crippen molar-refractivity contribution in [2.24, 2.45) is 0 Å². The van der Waals surface area contributed by atoms with Gasteiger partial charge < -0.3 is 14.5 Å². The van der Waals surface area contributed by atoms with Gasteiger partial charge in [-0.25, -0.2) is 4.79 Å². The van der Waals surface area contributed by atoms with Crippen LogP contribution < -0.4 is 4.90 Å². The van der Waals surface area contributed by atoms with E-state index in [2.05, 4.69) is 15.1 Å². The van der Waals surface area contributed by atoms with Crippen LogP contribution in [0, 0.1) is 0 Å². The molecule has 1 saturated heterocycles. The molecule has 9 heteroatoms. The first-order chi connectivity index (χ1) is 12.3. The monoisotopic (exact) mass is 358 g/mol. The fraction of sp³-hybridized carbons (Fsp3) is 0.375. The van der Waals surface area contributed by atoms with Crippen molar-refractivity contribution >= 4 is 28.9 Å². The third-order valence-corrected chi connectivity index (χ3v) is 4.84. The second-order valence-corrected chi connectivity index (χ2v) is 6.45. The summed E-state index contributed by atoms with van der Waals surface area (Å²) >= 11 is 1.62. The van der Waals surface area contributed by atoms with Crippen LogP contribution in [0.3, 0.4) is 0 Å². The summed E-state index contributed by atoms with van der Waals surface area (Å²) in [6.07, 6.45) is -0.246. The smallest absolute Gasteiger partial charge is 0.409 e. The maximum absolute atomic E-state index is 11.8. The van der Waals surface area contributed by atoms with Crippen molar-refractivity contribution in [1.82, 2.24) is 24.7 Å². The van der Waals surface area contributed by atoms with Gasteiger partial charge in [0, 0.05) is 37.1 Å². The zero-order valence-electron chi connectivity index (χ0n) is 13.8. The van der Waals surface area contributed by atoms with Crippen LogP contribution in [0.1, 0.15) is 6.92 Å². The predicted octanol–water partition coefficient (Wildman–Crippen LogP) is 2.13. The summed E-state index contributed by atoms with van der Waals surface area (Å²) in [4.78, 5) is 15.7. The maximum Gasteiger partial charge on any atom is 0.409 e. The third-order valence-electron chi connectivity index (χ3n) is 4.16. The van der Waals surface area contributed by atoms with E-state index in [1.165, 1.54) is 0 Å². The number of aromatic nitrogens is 4. The number of hydrogen-bond donors (Lipinski definition) is 0. The Morgan fingerprint density at radius 1 is 1.20 bits per heavy atom. The van der Waals surface area contributed by atoms with Crippen molar-refractivity contribution in [1.29, 1.82) is 0 Å². The summed E-state index contributed by atoms with van der Waals surface area (Å²) in [5, 5.41) is 17.2. The number of thiophene rings is 1. The average Bonchev–Trinajstić information content (AvgIpc) is 3.30. The maximum atomic E-state index is 11.8. The number of carbonyl (C=O) groups excluding carboxylic acids is 1. The van der Waals surface area contributed by atoms with E-state index in [0.717, 1.165) is 22.9 Å². The van der Waals surface area contributed by atoms with E-state index in [1.54, 1.807) is 20.8 Å². The minimum absolute atomic E-state index is 0.246. The lowest BCUT2D eigenvalue weighted by Crippen LogP contribution is -2.49. The van der Waals surface area contributed by atoms with Crippen molar-refractivity contribution in [3.63, 3.8) is 0 Å². The van der Waals surface area contributed by atoms with Gasteiger partial charge in [-0.1, -0.05) is 0 Å². The van der Waals surface area contributed by atoms with Crippen LogP contribution in [0.15, 0.2) is 29.0 Å². The highest BCUT2D eigenvalue weighted by atomic mass is 32.1. The Bertz CT molecular complexity index is 870. The first-order valence-electron chi connectivity index (χ1n) is 8.18. The van der Waals surface area contributed by atoms with E-state index in [0.29, 0.717) is 32.8 Å². The van der Waals surface area contributed by atoms with Crippen molar-refractivity contribution in [2.45, 2.75) is 6.92 Å². The molecule has 0 radical (unpaired) electrons. The van der Waals surface area contributed by atoms with E-state index in [4.69, 9.17) is 9.84 Å². The molecule has 3 aromatic heterocycles. The summed E-state index contributed by atoms with van der Waals surface area (Å²) in [5.41, 5.74) is 1.73. The molecule has 0 bridgehead atoms. The lowest BCUT2D eigenvalue weighted by atomic mass is 10.3. The molecule has 1 aliphatic rings. The predicted molar refractivity (Wildman–Crippen MR) is 94.9 cm³/mol. The normalized spacial score (nSPS) is 14.9. The van der Waals surface area contributed by atoms with Gasteiger partial charge in [-0.2, -0.15) is 15.9 Å². The van der Waals surface area contributed by atoms with Crippen LogP contribution in [-0.2, 0) is 4.74 Å². The molecule has 3 aromatic rings. The molecule has 4 rings (SSSR count). The zero-order chi connectivity index (χ0) is 17.2. The Kier molecular flexibility index (Phi) is 4.22. The number of amides is 1. The largest absolute Gasteiger partial charge is 0.450 e. The summed E-state index contributed by atoms with van der Waals surface area (Å²) in [6, 6.07) is 5.87. The number of nitrogens with zero attached hydrogens (tertiary/aromatic N) is 6. The third kappa shape index (κ3) is 3.02. The van der Waals surface area contributed by atoms with Gasteiger partial charge in [-0.15, -0.1) is 15.3 Å². The number of hydrogen-bond acceptors (Lipinski definition) is 7. The highest BCUT2D eigenvalue weighted by Crippen LogP contribution is 2.22. The van der Waals surface area contributed by atoms with Crippen LogP contribution >= 0.6 is 11.3 Å². The molecular formula is C16H18N6O2S. The molecule has 0 N–H and O–H groups in total. The van der Waals surface area contributed by atoms with Gasteiger partial charge in [-0.05, 0) is 30.5 Å². The van der Waals surface area contributed by atoms with Gasteiger partial charge in [0.05, 0.1) is 6.61 Å². The van der Waals surface area contributed by atoms with Gasteiger partial charge in [-0.3, -0.25) is 0 Å². The SMILES string of the molecule is CCOC(=O)N1CCN(c2ccc3nnc(-c4ccsc4)n3n2)CC1. The van der Waals surface area contributed by atoms with Crippen LogP contribution in [0.2, 0.25) is 0 Å². The molecule has 1 amide bonds. The summed E-state index contributed by atoms with van der Waals surface area (Å²) < 4.78 is 6.83. The van der Waals surface area contributed by atoms with Gasteiger partial charge in [0.2, 0.25) is 0 Å². The van der Waals surface area contributed by atoms with Gasteiger partial charge in [0.25, 0.3) is 0 Å². The molecule has 0 unspecified atom stereocenters. The van der Waals surface area contributed by atoms with Gasteiger partial charge in [0.1, 0.15) is 5.82 Å². The minimum atomic E-state index is -0.246. The second kappa shape index (κ2) is 6.67. The molecule has 130 valence electrons. The quantitative estimate of drug-likeness (QED) is 0.714. The Labute approximate surface area is 148 Å². The Hall–Kier alpha value is -2.68. The first kappa shape index (κ1) is 15.8. The van der Waals surface area contributed by atoms with Crippen LogP contribution in [-0.4, -0.2) is 63.6 Å². The van der Waals surface area contributed by atoms with Crippen molar-refractivity contribution < 1.29 is 9.53 Å². The number of fused-ring (bicyclic) bond motifs is 1. The fourth-order valence-electron chi connectivity index (χ4n) is 2.85. The number of piperazine rings is 1. The molecule has 1 fully saturated rings. The topological polar surface area (TPSA) is 75.9 Å². The number of ether oxygens (including phenoxy) is 1. The Morgan fingerprint density at radius 2 is 2.04 bits per heavy atom. The summed E-state index contributed by atoms with van der Waals surface area (Å²) in [7, 11) is 0. The number of carbonyl (C=O) groups is 1. The Morgan fingerprint density at radius 3 is 2.76 bits per heavy atom. The lowest BCUT2D eigenvalue weighted by molar-refractivity contribution is 0.105. The van der Waals surface area contributed by atoms with Crippen molar-refractivity contribution in [3.05, 3.63) is 29.0 Å². The minimum Gasteiger partial charge on any atom is -0.450 e. The average molecular weight is 358 g/mol. The molecule has 0 aliphatic carbocycles. The number of anilines is 1. The molecular weight excluding hydrogens is 340 g/mol. The van der Waals surface area contributed by atoms with Crippen LogP contribution in [0.25, 0.3) is 17.0 Å². The zero-order valence-corrected chi connectivity index (χ0v) is 14.6. The first-order valence-corrected chi connectivity index (χ1v) is 9.12. The fourth-order valence-corrected chi connectivity index (χ4v) is 3.49. The lowest BCUT2D eigenvalue weighted by Gasteiger charge is -2.34. The van der Waals surface area contributed by atoms with Crippen molar-refractivity contribution in [3.8, 4) is 11.4 Å². The Balaban J connectivity index is 1.55. The van der Waals surface area contributed by atoms with Gasteiger partial charge in [0.15, 0.2) is 11.5 Å². The van der Waals surface area contributed by atoms with E-state index in [1.807, 2.05) is 35.9 Å². The highest BCUT2D eigenvalue weighted by Gasteiger charge is 2.23. The summed E-state index contributed by atoms with van der Waals surface area (Å²) in [5.74, 6) is 1.59. The van der Waals surface area contributed by atoms with Crippen molar-refractivity contribution in [2.75, 3.05) is 37.7 Å². The standard InChI is InChI=1S/C16H18N6O2S/c1-2-24-16(23)21-8-6-20(7-9-21)14-4-3-13-17-18-15(22(13)19-14)12-5-10-25-11-12/h3-5,10-11H,2,6-9H2,1H3. The van der Waals surface area contributed by atoms with Crippen LogP contribution in [0.5, 0.6) is 0 Å². The molecule has 0 spiro atoms. The molecule has 4 heterocycles. The van der Waals surface area contributed by atoms with E-state index < -0.39 is 0 Å². The highest BCUT2D eigenvalue weighted by molar-refractivity contribution is 7.08. The van der Waals surface area contributed by atoms with E-state index in [-0.39, 0.29) is 6.09 Å². The summed E-state index contributed by atoms with van der Waals surface area (Å²) in [6.45, 7) is 4.89. The molecule has 25 heavy (non-hydrogen) atoms. The van der Waals surface area contributed by atoms with E-state index in [9.17, 15) is 4.79 Å².